The van der Waals surface area contributed by atoms with Crippen molar-refractivity contribution in [2.45, 2.75) is 6.54 Å². The molecule has 0 saturated carbocycles. The number of nitrogens with one attached hydrogen (secondary N) is 1. The Labute approximate surface area is 134 Å². The molecule has 1 heterocycles. The molecule has 0 amide bonds. The molecule has 0 spiro atoms. The first-order valence-corrected chi connectivity index (χ1v) is 7.09. The van der Waals surface area contributed by atoms with Gasteiger partial charge in [-0.15, -0.1) is 0 Å². The number of rotatable bonds is 3. The van der Waals surface area contributed by atoms with E-state index in [-0.39, 0.29) is 17.1 Å². The van der Waals surface area contributed by atoms with Crippen LogP contribution in [0, 0.1) is 0 Å². The zero-order valence-electron chi connectivity index (χ0n) is 11.7. The van der Waals surface area contributed by atoms with Crippen LogP contribution in [0.3, 0.4) is 0 Å². The number of carboxylic acids is 1. The van der Waals surface area contributed by atoms with E-state index in [0.29, 0.717) is 16.5 Å². The van der Waals surface area contributed by atoms with Gasteiger partial charge in [0.15, 0.2) is 0 Å². The van der Waals surface area contributed by atoms with Gasteiger partial charge in [0.2, 0.25) is 0 Å². The van der Waals surface area contributed by atoms with Crippen molar-refractivity contribution in [1.82, 2.24) is 9.55 Å². The number of para-hydroxylation sites is 1. The zero-order chi connectivity index (χ0) is 16.6. The van der Waals surface area contributed by atoms with E-state index in [4.69, 9.17) is 16.7 Å². The minimum Gasteiger partial charge on any atom is -0.478 e. The first kappa shape index (κ1) is 15.1. The summed E-state index contributed by atoms with van der Waals surface area (Å²) >= 11 is 6.12. The molecule has 0 unspecified atom stereocenters. The van der Waals surface area contributed by atoms with Crippen molar-refractivity contribution < 1.29 is 9.90 Å². The van der Waals surface area contributed by atoms with E-state index >= 15 is 0 Å². The lowest BCUT2D eigenvalue weighted by molar-refractivity contribution is 0.0697. The molecule has 0 radical (unpaired) electrons. The molecule has 2 aromatic carbocycles. The van der Waals surface area contributed by atoms with Crippen LogP contribution in [0.1, 0.15) is 15.9 Å². The summed E-state index contributed by atoms with van der Waals surface area (Å²) in [7, 11) is 0. The van der Waals surface area contributed by atoms with Gasteiger partial charge in [-0.2, -0.15) is 0 Å². The number of carbonyl (C=O) groups is 1. The fraction of sp³-hybridized carbons (Fsp3) is 0.0625. The predicted molar refractivity (Wildman–Crippen MR) is 86.3 cm³/mol. The van der Waals surface area contributed by atoms with E-state index in [9.17, 15) is 14.4 Å². The van der Waals surface area contributed by atoms with Gasteiger partial charge >= 0.3 is 11.7 Å². The third-order valence-electron chi connectivity index (χ3n) is 3.54. The van der Waals surface area contributed by atoms with Crippen LogP contribution in [0.4, 0.5) is 0 Å². The summed E-state index contributed by atoms with van der Waals surface area (Å²) in [5.41, 5.74) is -0.146. The van der Waals surface area contributed by atoms with Crippen LogP contribution in [0.15, 0.2) is 52.1 Å². The van der Waals surface area contributed by atoms with Crippen LogP contribution in [-0.2, 0) is 6.54 Å². The molecule has 23 heavy (non-hydrogen) atoms. The Morgan fingerprint density at radius 2 is 1.87 bits per heavy atom. The summed E-state index contributed by atoms with van der Waals surface area (Å²) in [5, 5.41) is 9.56. The lowest BCUT2D eigenvalue weighted by Gasteiger charge is -2.11. The van der Waals surface area contributed by atoms with E-state index in [1.165, 1.54) is 10.6 Å². The normalized spacial score (nSPS) is 10.8. The topological polar surface area (TPSA) is 92.2 Å². The first-order chi connectivity index (χ1) is 11.0. The summed E-state index contributed by atoms with van der Waals surface area (Å²) in [4.78, 5) is 37.4. The van der Waals surface area contributed by atoms with Crippen LogP contribution in [0.2, 0.25) is 5.02 Å². The van der Waals surface area contributed by atoms with Crippen molar-refractivity contribution in [3.63, 3.8) is 0 Å². The molecule has 6 nitrogen and oxygen atoms in total. The second-order valence-electron chi connectivity index (χ2n) is 4.95. The van der Waals surface area contributed by atoms with Gasteiger partial charge in [0.25, 0.3) is 5.56 Å². The number of halogens is 1. The number of benzene rings is 2. The highest BCUT2D eigenvalue weighted by Gasteiger charge is 2.14. The summed E-state index contributed by atoms with van der Waals surface area (Å²) < 4.78 is 1.35. The number of aromatic carboxylic acids is 1. The number of H-pyrrole nitrogens is 1. The Kier molecular flexibility index (Phi) is 3.75. The largest absolute Gasteiger partial charge is 0.478 e. The molecule has 3 rings (SSSR count). The third kappa shape index (κ3) is 2.64. The van der Waals surface area contributed by atoms with E-state index < -0.39 is 17.2 Å². The quantitative estimate of drug-likeness (QED) is 0.769. The van der Waals surface area contributed by atoms with E-state index in [0.717, 1.165) is 0 Å². The smallest absolute Gasteiger partial charge is 0.337 e. The Morgan fingerprint density at radius 1 is 1.13 bits per heavy atom. The van der Waals surface area contributed by atoms with Crippen molar-refractivity contribution >= 4 is 28.5 Å². The summed E-state index contributed by atoms with van der Waals surface area (Å²) in [6.07, 6.45) is 0. The van der Waals surface area contributed by atoms with Crippen molar-refractivity contribution in [1.29, 1.82) is 0 Å². The predicted octanol–water partition coefficient (Wildman–Crippen LogP) is 2.09. The number of fused-ring (bicyclic) bond motifs is 1. The maximum absolute atomic E-state index is 12.1. The Balaban J connectivity index is 2.21. The minimum atomic E-state index is -1.14. The van der Waals surface area contributed by atoms with Gasteiger partial charge in [-0.05, 0) is 23.8 Å². The fourth-order valence-electron chi connectivity index (χ4n) is 2.44. The molecule has 2 N–H and O–H groups in total. The second-order valence-corrected chi connectivity index (χ2v) is 5.32. The Hall–Kier alpha value is -2.86. The van der Waals surface area contributed by atoms with E-state index in [1.807, 2.05) is 0 Å². The molecule has 0 bridgehead atoms. The molecule has 1 aromatic heterocycles. The summed E-state index contributed by atoms with van der Waals surface area (Å²) in [5.74, 6) is -1.14. The highest BCUT2D eigenvalue weighted by atomic mass is 35.5. The number of nitrogens with zero attached hydrogens (tertiary/aromatic N) is 1. The number of aromatic nitrogens is 2. The minimum absolute atomic E-state index is 0.0362. The van der Waals surface area contributed by atoms with Crippen molar-refractivity contribution in [3.8, 4) is 0 Å². The van der Waals surface area contributed by atoms with E-state index in [1.54, 1.807) is 36.4 Å². The highest BCUT2D eigenvalue weighted by molar-refractivity contribution is 6.34. The van der Waals surface area contributed by atoms with Crippen molar-refractivity contribution in [3.05, 3.63) is 79.5 Å². The summed E-state index contributed by atoms with van der Waals surface area (Å²) in [6.45, 7) is 0.0517. The molecule has 0 aliphatic carbocycles. The molecule has 3 aromatic rings. The maximum Gasteiger partial charge on any atom is 0.337 e. The standard InChI is InChI=1S/C16H11ClN2O4/c17-13-9(4-3-6-11(13)15(21)22)8-19-12-7-2-1-5-10(12)14(20)18-16(19)23/h1-7H,8H2,(H,21,22)(H,18,20,23). The van der Waals surface area contributed by atoms with Crippen LogP contribution in [0.25, 0.3) is 10.9 Å². The lowest BCUT2D eigenvalue weighted by Crippen LogP contribution is -2.30. The molecule has 116 valence electrons. The van der Waals surface area contributed by atoms with Gasteiger partial charge in [0, 0.05) is 0 Å². The molecule has 0 aliphatic heterocycles. The summed E-state index contributed by atoms with van der Waals surface area (Å²) in [6, 6.07) is 11.3. The van der Waals surface area contributed by atoms with Crippen molar-refractivity contribution in [2.75, 3.05) is 0 Å². The van der Waals surface area contributed by atoms with Gasteiger partial charge < -0.3 is 5.11 Å². The first-order valence-electron chi connectivity index (χ1n) is 6.71. The molecular weight excluding hydrogens is 320 g/mol. The average Bonchev–Trinajstić information content (AvgIpc) is 2.52. The number of aromatic amines is 1. The number of hydrogen-bond acceptors (Lipinski definition) is 3. The van der Waals surface area contributed by atoms with Crippen molar-refractivity contribution in [2.24, 2.45) is 0 Å². The van der Waals surface area contributed by atoms with E-state index in [2.05, 4.69) is 4.98 Å². The molecule has 0 aliphatic rings. The highest BCUT2D eigenvalue weighted by Crippen LogP contribution is 2.22. The monoisotopic (exact) mass is 330 g/mol. The van der Waals surface area contributed by atoms with Crippen LogP contribution in [0.5, 0.6) is 0 Å². The fourth-order valence-corrected chi connectivity index (χ4v) is 2.70. The SMILES string of the molecule is O=C(O)c1cccc(Cn2c(=O)[nH]c(=O)c3ccccc32)c1Cl. The van der Waals surface area contributed by atoms with Gasteiger partial charge in [-0.25, -0.2) is 9.59 Å². The zero-order valence-corrected chi connectivity index (χ0v) is 12.5. The molecular formula is C16H11ClN2O4. The van der Waals surface area contributed by atoms with Gasteiger partial charge in [-0.1, -0.05) is 35.9 Å². The number of carboxylic acid groups (broad SMARTS) is 1. The van der Waals surface area contributed by atoms with Crippen LogP contribution in [-0.4, -0.2) is 20.6 Å². The number of hydrogen-bond donors (Lipinski definition) is 2. The molecule has 7 heteroatoms. The Morgan fingerprint density at radius 3 is 2.61 bits per heavy atom. The lowest BCUT2D eigenvalue weighted by atomic mass is 10.1. The average molecular weight is 331 g/mol. The maximum atomic E-state index is 12.1. The second kappa shape index (κ2) is 5.73. The molecule has 0 atom stereocenters. The Bertz CT molecular complexity index is 1040. The van der Waals surface area contributed by atoms with Crippen LogP contribution < -0.4 is 11.2 Å². The molecule has 0 fully saturated rings. The van der Waals surface area contributed by atoms with Gasteiger partial charge in [0.1, 0.15) is 0 Å². The van der Waals surface area contributed by atoms with Gasteiger partial charge in [-0.3, -0.25) is 14.3 Å². The molecule has 0 saturated heterocycles. The van der Waals surface area contributed by atoms with Gasteiger partial charge in [0.05, 0.1) is 28.0 Å². The van der Waals surface area contributed by atoms with Crippen LogP contribution >= 0.6 is 11.6 Å². The third-order valence-corrected chi connectivity index (χ3v) is 3.99.